The molecule has 1 aromatic rings. The van der Waals surface area contributed by atoms with E-state index in [-0.39, 0.29) is 5.91 Å². The van der Waals surface area contributed by atoms with Gasteiger partial charge in [-0.2, -0.15) is 0 Å². The van der Waals surface area contributed by atoms with Crippen molar-refractivity contribution in [3.63, 3.8) is 0 Å². The number of carbonyl (C=O) groups is 1. The zero-order valence-electron chi connectivity index (χ0n) is 7.94. The minimum Gasteiger partial charge on any atom is -0.352 e. The second kappa shape index (κ2) is 3.80. The predicted octanol–water partition coefficient (Wildman–Crippen LogP) is 0.965. The first-order chi connectivity index (χ1) is 6.77. The Kier molecular flexibility index (Phi) is 2.50. The second-order valence-electron chi connectivity index (χ2n) is 3.67. The maximum Gasteiger partial charge on any atom is 0.241 e. The summed E-state index contributed by atoms with van der Waals surface area (Å²) in [5, 5.41) is 2.89. The van der Waals surface area contributed by atoms with Crippen LogP contribution in [0.2, 0.25) is 0 Å². The van der Waals surface area contributed by atoms with Gasteiger partial charge in [0.25, 0.3) is 0 Å². The van der Waals surface area contributed by atoms with Crippen LogP contribution >= 0.6 is 0 Å². The summed E-state index contributed by atoms with van der Waals surface area (Å²) >= 11 is 0. The molecule has 1 saturated carbocycles. The molecule has 1 amide bonds. The van der Waals surface area contributed by atoms with Crippen LogP contribution in [0.4, 0.5) is 0 Å². The van der Waals surface area contributed by atoms with Crippen molar-refractivity contribution in [2.45, 2.75) is 24.9 Å². The molecular formula is C11H14N2O. The number of carbonyl (C=O) groups excluding carboxylic acids is 1. The fourth-order valence-corrected chi connectivity index (χ4v) is 1.33. The van der Waals surface area contributed by atoms with Gasteiger partial charge in [0.15, 0.2) is 0 Å². The lowest BCUT2D eigenvalue weighted by molar-refractivity contribution is -0.122. The van der Waals surface area contributed by atoms with Gasteiger partial charge in [0, 0.05) is 6.04 Å². The van der Waals surface area contributed by atoms with Crippen LogP contribution in [0, 0.1) is 0 Å². The molecule has 1 aliphatic rings. The molecule has 0 saturated heterocycles. The minimum atomic E-state index is -0.531. The molecule has 0 aromatic heterocycles. The zero-order chi connectivity index (χ0) is 9.97. The Labute approximate surface area is 83.3 Å². The zero-order valence-corrected chi connectivity index (χ0v) is 7.94. The van der Waals surface area contributed by atoms with E-state index in [4.69, 9.17) is 5.73 Å². The van der Waals surface area contributed by atoms with Crippen LogP contribution < -0.4 is 11.1 Å². The molecule has 3 heteroatoms. The molecule has 0 bridgehead atoms. The van der Waals surface area contributed by atoms with Crippen molar-refractivity contribution in [2.24, 2.45) is 5.73 Å². The Bertz CT molecular complexity index is 319. The number of rotatable bonds is 3. The molecule has 14 heavy (non-hydrogen) atoms. The summed E-state index contributed by atoms with van der Waals surface area (Å²) in [4.78, 5) is 11.6. The molecule has 74 valence electrons. The summed E-state index contributed by atoms with van der Waals surface area (Å²) in [5.74, 6) is -0.0706. The van der Waals surface area contributed by atoms with E-state index in [0.717, 1.165) is 18.4 Å². The summed E-state index contributed by atoms with van der Waals surface area (Å²) < 4.78 is 0. The molecule has 1 unspecified atom stereocenters. The Hall–Kier alpha value is -1.35. The number of hydrogen-bond donors (Lipinski definition) is 2. The highest BCUT2D eigenvalue weighted by molar-refractivity contribution is 5.83. The van der Waals surface area contributed by atoms with Crippen molar-refractivity contribution < 1.29 is 4.79 Å². The largest absolute Gasteiger partial charge is 0.352 e. The topological polar surface area (TPSA) is 55.1 Å². The lowest BCUT2D eigenvalue weighted by Gasteiger charge is -2.11. The van der Waals surface area contributed by atoms with Crippen molar-refractivity contribution in [1.82, 2.24) is 5.32 Å². The van der Waals surface area contributed by atoms with Gasteiger partial charge in [-0.05, 0) is 18.4 Å². The molecule has 1 aromatic carbocycles. The number of nitrogens with one attached hydrogen (secondary N) is 1. The van der Waals surface area contributed by atoms with E-state index in [1.165, 1.54) is 0 Å². The molecule has 0 radical (unpaired) electrons. The second-order valence-corrected chi connectivity index (χ2v) is 3.67. The number of hydrogen-bond acceptors (Lipinski definition) is 2. The van der Waals surface area contributed by atoms with Crippen molar-refractivity contribution in [2.75, 3.05) is 0 Å². The normalized spacial score (nSPS) is 17.5. The van der Waals surface area contributed by atoms with Crippen LogP contribution in [0.5, 0.6) is 0 Å². The molecule has 2 rings (SSSR count). The van der Waals surface area contributed by atoms with Crippen LogP contribution in [0.3, 0.4) is 0 Å². The van der Waals surface area contributed by atoms with Gasteiger partial charge in [0.05, 0.1) is 0 Å². The third kappa shape index (κ3) is 2.12. The maximum absolute atomic E-state index is 11.6. The highest BCUT2D eigenvalue weighted by atomic mass is 16.2. The highest BCUT2D eigenvalue weighted by Crippen LogP contribution is 2.20. The quantitative estimate of drug-likeness (QED) is 0.746. The first kappa shape index (κ1) is 9.21. The molecule has 1 aliphatic carbocycles. The molecular weight excluding hydrogens is 176 g/mol. The monoisotopic (exact) mass is 190 g/mol. The van der Waals surface area contributed by atoms with E-state index in [2.05, 4.69) is 5.32 Å². The summed E-state index contributed by atoms with van der Waals surface area (Å²) in [6.07, 6.45) is 2.18. The number of nitrogens with two attached hydrogens (primary N) is 1. The molecule has 1 fully saturated rings. The maximum atomic E-state index is 11.6. The average Bonchev–Trinajstić information content (AvgIpc) is 3.02. The van der Waals surface area contributed by atoms with Crippen LogP contribution in [0.15, 0.2) is 30.3 Å². The smallest absolute Gasteiger partial charge is 0.241 e. The molecule has 0 heterocycles. The lowest BCUT2D eigenvalue weighted by Crippen LogP contribution is -2.35. The third-order valence-corrected chi connectivity index (χ3v) is 2.36. The van der Waals surface area contributed by atoms with Crippen LogP contribution in [-0.4, -0.2) is 11.9 Å². The van der Waals surface area contributed by atoms with E-state index >= 15 is 0 Å². The van der Waals surface area contributed by atoms with Crippen LogP contribution in [-0.2, 0) is 4.79 Å². The van der Waals surface area contributed by atoms with Gasteiger partial charge in [0.2, 0.25) is 5.91 Å². The Morgan fingerprint density at radius 3 is 2.57 bits per heavy atom. The third-order valence-electron chi connectivity index (χ3n) is 2.36. The van der Waals surface area contributed by atoms with E-state index in [0.29, 0.717) is 6.04 Å². The van der Waals surface area contributed by atoms with Gasteiger partial charge >= 0.3 is 0 Å². The first-order valence-corrected chi connectivity index (χ1v) is 4.88. The SMILES string of the molecule is NC(C(=O)NC1CC1)c1ccccc1. The highest BCUT2D eigenvalue weighted by Gasteiger charge is 2.26. The van der Waals surface area contributed by atoms with Crippen LogP contribution in [0.1, 0.15) is 24.4 Å². The molecule has 1 atom stereocenters. The van der Waals surface area contributed by atoms with Gasteiger partial charge in [-0.3, -0.25) is 4.79 Å². The summed E-state index contributed by atoms with van der Waals surface area (Å²) in [7, 11) is 0. The summed E-state index contributed by atoms with van der Waals surface area (Å²) in [5.41, 5.74) is 6.67. The minimum absolute atomic E-state index is 0.0706. The van der Waals surface area contributed by atoms with Gasteiger partial charge < -0.3 is 11.1 Å². The molecule has 0 aliphatic heterocycles. The van der Waals surface area contributed by atoms with Gasteiger partial charge in [0.1, 0.15) is 6.04 Å². The molecule has 3 nitrogen and oxygen atoms in total. The molecule has 3 N–H and O–H groups in total. The van der Waals surface area contributed by atoms with Crippen molar-refractivity contribution >= 4 is 5.91 Å². The predicted molar refractivity (Wildman–Crippen MR) is 54.5 cm³/mol. The Balaban J connectivity index is 1.99. The molecule has 0 spiro atoms. The number of amides is 1. The van der Waals surface area contributed by atoms with Crippen molar-refractivity contribution in [3.8, 4) is 0 Å². The average molecular weight is 190 g/mol. The van der Waals surface area contributed by atoms with Gasteiger partial charge in [-0.15, -0.1) is 0 Å². The van der Waals surface area contributed by atoms with E-state index in [9.17, 15) is 4.79 Å². The van der Waals surface area contributed by atoms with E-state index < -0.39 is 6.04 Å². The van der Waals surface area contributed by atoms with E-state index in [1.54, 1.807) is 0 Å². The van der Waals surface area contributed by atoms with Crippen molar-refractivity contribution in [3.05, 3.63) is 35.9 Å². The summed E-state index contributed by atoms with van der Waals surface area (Å²) in [6, 6.07) is 9.27. The van der Waals surface area contributed by atoms with Gasteiger partial charge in [-0.1, -0.05) is 30.3 Å². The van der Waals surface area contributed by atoms with Crippen LogP contribution in [0.25, 0.3) is 0 Å². The van der Waals surface area contributed by atoms with Gasteiger partial charge in [-0.25, -0.2) is 0 Å². The Morgan fingerprint density at radius 2 is 2.00 bits per heavy atom. The lowest BCUT2D eigenvalue weighted by atomic mass is 10.1. The fourth-order valence-electron chi connectivity index (χ4n) is 1.33. The summed E-state index contributed by atoms with van der Waals surface area (Å²) in [6.45, 7) is 0. The van der Waals surface area contributed by atoms with E-state index in [1.807, 2.05) is 30.3 Å². The first-order valence-electron chi connectivity index (χ1n) is 4.88. The van der Waals surface area contributed by atoms with Crippen molar-refractivity contribution in [1.29, 1.82) is 0 Å². The Morgan fingerprint density at radius 1 is 1.36 bits per heavy atom. The fraction of sp³-hybridized carbons (Fsp3) is 0.364. The standard InChI is InChI=1S/C11H14N2O/c12-10(8-4-2-1-3-5-8)11(14)13-9-6-7-9/h1-5,9-10H,6-7,12H2,(H,13,14). The number of benzene rings is 1.